The Labute approximate surface area is 204 Å². The third-order valence-electron chi connectivity index (χ3n) is 6.18. The van der Waals surface area contributed by atoms with Crippen molar-refractivity contribution in [3.63, 3.8) is 0 Å². The van der Waals surface area contributed by atoms with Gasteiger partial charge in [-0.25, -0.2) is 0 Å². The lowest BCUT2D eigenvalue weighted by Gasteiger charge is -2.33. The molecule has 0 aliphatic carbocycles. The molecule has 35 heavy (non-hydrogen) atoms. The van der Waals surface area contributed by atoms with Crippen LogP contribution < -0.4 is 20.1 Å². The molecular weight excluding hydrogens is 446 g/mol. The number of piperidine rings is 1. The number of carbonyl (C=O) groups excluding carboxylic acids is 2. The molecule has 0 spiro atoms. The van der Waals surface area contributed by atoms with Crippen LogP contribution in [0.25, 0.3) is 0 Å². The first kappa shape index (κ1) is 22.8. The molecule has 1 saturated heterocycles. The molecule has 0 radical (unpaired) electrons. The van der Waals surface area contributed by atoms with Gasteiger partial charge in [-0.2, -0.15) is 5.10 Å². The summed E-state index contributed by atoms with van der Waals surface area (Å²) in [5, 5.41) is 10.3. The first-order chi connectivity index (χ1) is 17.0. The number of anilines is 2. The molecule has 9 nitrogen and oxygen atoms in total. The molecule has 2 aliphatic heterocycles. The fraction of sp³-hybridized carbons (Fsp3) is 0.346. The number of amides is 2. The van der Waals surface area contributed by atoms with E-state index in [9.17, 15) is 9.59 Å². The standard InChI is InChI=1S/C26H29N5O4/c1-18-8-10-20(11-9-18)34-21-5-4-12-30(16-21)25(32)17-31-15-19(13-28-31)29-26(33)24-14-27-22-6-2-3-7-23(22)35-24/h2-3,6-11,13,15,21,24,27H,4-5,12,14,16-17H2,1H3,(H,29,33)/t21-,24?/m0/s1. The average molecular weight is 476 g/mol. The van der Waals surface area contributed by atoms with Crippen LogP contribution in [0.2, 0.25) is 0 Å². The highest BCUT2D eigenvalue weighted by molar-refractivity contribution is 5.95. The second kappa shape index (κ2) is 10.1. The van der Waals surface area contributed by atoms with E-state index in [1.165, 1.54) is 16.4 Å². The number of benzene rings is 2. The van der Waals surface area contributed by atoms with E-state index in [-0.39, 0.29) is 24.5 Å². The molecule has 1 fully saturated rings. The number of para-hydroxylation sites is 2. The van der Waals surface area contributed by atoms with Crippen LogP contribution >= 0.6 is 0 Å². The number of nitrogens with one attached hydrogen (secondary N) is 2. The largest absolute Gasteiger partial charge is 0.489 e. The second-order valence-electron chi connectivity index (χ2n) is 8.93. The molecular formula is C26H29N5O4. The molecule has 182 valence electrons. The number of aromatic nitrogens is 2. The van der Waals surface area contributed by atoms with Crippen molar-refractivity contribution in [1.29, 1.82) is 0 Å². The van der Waals surface area contributed by atoms with Crippen molar-refractivity contribution < 1.29 is 19.1 Å². The number of carbonyl (C=O) groups is 2. The lowest BCUT2D eigenvalue weighted by molar-refractivity contribution is -0.134. The second-order valence-corrected chi connectivity index (χ2v) is 8.93. The molecule has 3 heterocycles. The zero-order valence-corrected chi connectivity index (χ0v) is 19.6. The van der Waals surface area contributed by atoms with Crippen molar-refractivity contribution in [3.05, 3.63) is 66.5 Å². The van der Waals surface area contributed by atoms with Crippen molar-refractivity contribution in [2.45, 2.75) is 38.5 Å². The molecule has 0 saturated carbocycles. The Bertz CT molecular complexity index is 1190. The van der Waals surface area contributed by atoms with E-state index >= 15 is 0 Å². The molecule has 3 aromatic rings. The van der Waals surface area contributed by atoms with Gasteiger partial charge in [0.2, 0.25) is 5.91 Å². The number of hydrogen-bond donors (Lipinski definition) is 2. The van der Waals surface area contributed by atoms with E-state index in [1.54, 1.807) is 6.20 Å². The molecule has 0 bridgehead atoms. The fourth-order valence-electron chi connectivity index (χ4n) is 4.31. The normalized spacial score (nSPS) is 19.2. The summed E-state index contributed by atoms with van der Waals surface area (Å²) < 4.78 is 13.4. The predicted octanol–water partition coefficient (Wildman–Crippen LogP) is 3.07. The van der Waals surface area contributed by atoms with Gasteiger partial charge in [0.05, 0.1) is 30.7 Å². The fourth-order valence-corrected chi connectivity index (χ4v) is 4.31. The first-order valence-electron chi connectivity index (χ1n) is 11.9. The monoisotopic (exact) mass is 475 g/mol. The maximum absolute atomic E-state index is 12.9. The summed E-state index contributed by atoms with van der Waals surface area (Å²) in [6.45, 7) is 3.76. The Morgan fingerprint density at radius 1 is 1.20 bits per heavy atom. The van der Waals surface area contributed by atoms with Crippen molar-refractivity contribution in [3.8, 4) is 11.5 Å². The summed E-state index contributed by atoms with van der Waals surface area (Å²) in [7, 11) is 0. The van der Waals surface area contributed by atoms with Gasteiger partial charge in [0, 0.05) is 12.7 Å². The van der Waals surface area contributed by atoms with Gasteiger partial charge in [-0.05, 0) is 44.0 Å². The van der Waals surface area contributed by atoms with Crippen molar-refractivity contribution >= 4 is 23.2 Å². The number of fused-ring (bicyclic) bond motifs is 1. The number of ether oxygens (including phenoxy) is 2. The van der Waals surface area contributed by atoms with Crippen LogP contribution in [0, 0.1) is 6.92 Å². The van der Waals surface area contributed by atoms with Crippen LogP contribution in [0.1, 0.15) is 18.4 Å². The molecule has 5 rings (SSSR count). The minimum absolute atomic E-state index is 0.0281. The molecule has 1 aromatic heterocycles. The topological polar surface area (TPSA) is 97.7 Å². The predicted molar refractivity (Wildman–Crippen MR) is 132 cm³/mol. The summed E-state index contributed by atoms with van der Waals surface area (Å²) in [6.07, 6.45) is 4.31. The Morgan fingerprint density at radius 3 is 2.89 bits per heavy atom. The van der Waals surface area contributed by atoms with Gasteiger partial charge < -0.3 is 25.0 Å². The minimum Gasteiger partial charge on any atom is -0.489 e. The molecule has 1 unspecified atom stereocenters. The highest BCUT2D eigenvalue weighted by Crippen LogP contribution is 2.28. The van der Waals surface area contributed by atoms with E-state index in [2.05, 4.69) is 15.7 Å². The van der Waals surface area contributed by atoms with Crippen molar-refractivity contribution in [2.24, 2.45) is 0 Å². The Hall–Kier alpha value is -4.01. The molecule has 2 aromatic carbocycles. The lowest BCUT2D eigenvalue weighted by atomic mass is 10.1. The van der Waals surface area contributed by atoms with Crippen LogP contribution in [0.5, 0.6) is 11.5 Å². The SMILES string of the molecule is Cc1ccc(O[C@H]2CCCN(C(=O)Cn3cc(NC(=O)C4CNc5ccccc5O4)cn3)C2)cc1. The van der Waals surface area contributed by atoms with Crippen molar-refractivity contribution in [2.75, 3.05) is 30.3 Å². The maximum atomic E-state index is 12.9. The molecule has 2 amide bonds. The van der Waals surface area contributed by atoms with Crippen LogP contribution in [-0.2, 0) is 16.1 Å². The molecule has 2 atom stereocenters. The molecule has 2 aliphatic rings. The van der Waals surface area contributed by atoms with Crippen LogP contribution in [-0.4, -0.2) is 58.3 Å². The average Bonchev–Trinajstić information content (AvgIpc) is 3.31. The zero-order chi connectivity index (χ0) is 24.2. The highest BCUT2D eigenvalue weighted by Gasteiger charge is 2.27. The van der Waals surface area contributed by atoms with E-state index in [0.717, 1.165) is 24.3 Å². The van der Waals surface area contributed by atoms with E-state index in [4.69, 9.17) is 9.47 Å². The minimum atomic E-state index is -0.659. The Kier molecular flexibility index (Phi) is 6.56. The maximum Gasteiger partial charge on any atom is 0.267 e. The van der Waals surface area contributed by atoms with Gasteiger partial charge in [0.15, 0.2) is 6.10 Å². The Morgan fingerprint density at radius 2 is 2.03 bits per heavy atom. The smallest absolute Gasteiger partial charge is 0.267 e. The summed E-state index contributed by atoms with van der Waals surface area (Å²) in [5.41, 5.74) is 2.57. The number of hydrogen-bond acceptors (Lipinski definition) is 6. The highest BCUT2D eigenvalue weighted by atomic mass is 16.5. The summed E-state index contributed by atoms with van der Waals surface area (Å²) in [6, 6.07) is 15.5. The third kappa shape index (κ3) is 5.56. The van der Waals surface area contributed by atoms with Gasteiger partial charge in [0.1, 0.15) is 24.1 Å². The quantitative estimate of drug-likeness (QED) is 0.569. The van der Waals surface area contributed by atoms with Crippen LogP contribution in [0.15, 0.2) is 60.9 Å². The van der Waals surface area contributed by atoms with Gasteiger partial charge >= 0.3 is 0 Å². The Balaban J connectivity index is 1.12. The number of rotatable bonds is 6. The molecule has 2 N–H and O–H groups in total. The van der Waals surface area contributed by atoms with Gasteiger partial charge in [0.25, 0.3) is 5.91 Å². The van der Waals surface area contributed by atoms with E-state index < -0.39 is 6.10 Å². The van der Waals surface area contributed by atoms with Gasteiger partial charge in [-0.3, -0.25) is 14.3 Å². The summed E-state index contributed by atoms with van der Waals surface area (Å²) in [5.74, 6) is 1.17. The van der Waals surface area contributed by atoms with Crippen LogP contribution in [0.3, 0.4) is 0 Å². The van der Waals surface area contributed by atoms with E-state index in [1.807, 2.05) is 60.4 Å². The van der Waals surface area contributed by atoms with Gasteiger partial charge in [-0.1, -0.05) is 29.8 Å². The lowest BCUT2D eigenvalue weighted by Crippen LogP contribution is -2.45. The third-order valence-corrected chi connectivity index (χ3v) is 6.18. The summed E-state index contributed by atoms with van der Waals surface area (Å²) in [4.78, 5) is 27.4. The van der Waals surface area contributed by atoms with E-state index in [0.29, 0.717) is 31.1 Å². The van der Waals surface area contributed by atoms with Crippen molar-refractivity contribution in [1.82, 2.24) is 14.7 Å². The summed E-state index contributed by atoms with van der Waals surface area (Å²) >= 11 is 0. The number of likely N-dealkylation sites (tertiary alicyclic amines) is 1. The van der Waals surface area contributed by atoms with Gasteiger partial charge in [-0.15, -0.1) is 0 Å². The number of aryl methyl sites for hydroxylation is 1. The number of nitrogens with zero attached hydrogens (tertiary/aromatic N) is 3. The zero-order valence-electron chi connectivity index (χ0n) is 19.6. The molecule has 9 heteroatoms. The van der Waals surface area contributed by atoms with Crippen LogP contribution in [0.4, 0.5) is 11.4 Å². The first-order valence-corrected chi connectivity index (χ1v) is 11.9.